The molecule has 1 aliphatic rings. The van der Waals surface area contributed by atoms with Gasteiger partial charge < -0.3 is 15.8 Å². The second-order valence-corrected chi connectivity index (χ2v) is 4.87. The Balaban J connectivity index is 1.97. The highest BCUT2D eigenvalue weighted by Gasteiger charge is 2.25. The second-order valence-electron chi connectivity index (χ2n) is 4.87. The van der Waals surface area contributed by atoms with Gasteiger partial charge in [0.15, 0.2) is 0 Å². The molecule has 0 aromatic heterocycles. The minimum atomic E-state index is 0.422. The van der Waals surface area contributed by atoms with Crippen LogP contribution < -0.4 is 15.8 Å². The summed E-state index contributed by atoms with van der Waals surface area (Å²) in [6, 6.07) is 6.75. The summed E-state index contributed by atoms with van der Waals surface area (Å²) in [5.41, 5.74) is 8.22. The number of hydrogen-bond donors (Lipinski definition) is 2. The van der Waals surface area contributed by atoms with Gasteiger partial charge in [-0.05, 0) is 42.9 Å². The average Bonchev–Trinajstić information content (AvgIpc) is 2.32. The summed E-state index contributed by atoms with van der Waals surface area (Å²) in [5, 5.41) is 3.48. The third kappa shape index (κ3) is 2.91. The largest absolute Gasteiger partial charge is 0.495 e. The highest BCUT2D eigenvalue weighted by molar-refractivity contribution is 5.58. The first-order valence-corrected chi connectivity index (χ1v) is 6.39. The van der Waals surface area contributed by atoms with E-state index in [0.717, 1.165) is 43.2 Å². The molecule has 17 heavy (non-hydrogen) atoms. The molecule has 0 bridgehead atoms. The SMILES string of the molecule is CCc1ccc(OC)c(NCC2CC(N)C2)c1. The van der Waals surface area contributed by atoms with Crippen molar-refractivity contribution in [1.29, 1.82) is 0 Å². The zero-order chi connectivity index (χ0) is 12.3. The lowest BCUT2D eigenvalue weighted by Gasteiger charge is -2.32. The Labute approximate surface area is 103 Å². The molecule has 3 heteroatoms. The van der Waals surface area contributed by atoms with Gasteiger partial charge in [0, 0.05) is 12.6 Å². The number of benzene rings is 1. The van der Waals surface area contributed by atoms with Crippen LogP contribution in [0.2, 0.25) is 0 Å². The first-order valence-electron chi connectivity index (χ1n) is 6.39. The van der Waals surface area contributed by atoms with Crippen molar-refractivity contribution in [1.82, 2.24) is 0 Å². The zero-order valence-electron chi connectivity index (χ0n) is 10.7. The van der Waals surface area contributed by atoms with Crippen LogP contribution in [0.1, 0.15) is 25.3 Å². The molecular weight excluding hydrogens is 212 g/mol. The molecule has 1 aromatic rings. The van der Waals surface area contributed by atoms with E-state index in [0.29, 0.717) is 6.04 Å². The summed E-state index contributed by atoms with van der Waals surface area (Å²) in [7, 11) is 1.71. The minimum absolute atomic E-state index is 0.422. The van der Waals surface area contributed by atoms with Gasteiger partial charge >= 0.3 is 0 Å². The fourth-order valence-electron chi connectivity index (χ4n) is 2.32. The van der Waals surface area contributed by atoms with E-state index >= 15 is 0 Å². The van der Waals surface area contributed by atoms with Crippen molar-refractivity contribution in [3.8, 4) is 5.75 Å². The first kappa shape index (κ1) is 12.2. The van der Waals surface area contributed by atoms with Crippen LogP contribution in [0.25, 0.3) is 0 Å². The van der Waals surface area contributed by atoms with Crippen molar-refractivity contribution in [3.05, 3.63) is 23.8 Å². The molecular formula is C14H22N2O. The Hall–Kier alpha value is -1.22. The Bertz CT molecular complexity index is 372. The van der Waals surface area contributed by atoms with Gasteiger partial charge in [0.2, 0.25) is 0 Å². The molecule has 0 radical (unpaired) electrons. The topological polar surface area (TPSA) is 47.3 Å². The number of rotatable bonds is 5. The number of anilines is 1. The highest BCUT2D eigenvalue weighted by Crippen LogP contribution is 2.29. The first-order chi connectivity index (χ1) is 8.22. The van der Waals surface area contributed by atoms with E-state index in [9.17, 15) is 0 Å². The lowest BCUT2D eigenvalue weighted by atomic mass is 9.81. The van der Waals surface area contributed by atoms with Crippen molar-refractivity contribution in [3.63, 3.8) is 0 Å². The smallest absolute Gasteiger partial charge is 0.141 e. The van der Waals surface area contributed by atoms with Crippen LogP contribution in [0.3, 0.4) is 0 Å². The normalized spacial score (nSPS) is 23.0. The van der Waals surface area contributed by atoms with E-state index in [4.69, 9.17) is 10.5 Å². The minimum Gasteiger partial charge on any atom is -0.495 e. The van der Waals surface area contributed by atoms with Gasteiger partial charge in [-0.15, -0.1) is 0 Å². The molecule has 0 amide bonds. The molecule has 0 spiro atoms. The molecule has 1 aromatic carbocycles. The third-order valence-corrected chi connectivity index (χ3v) is 3.53. The van der Waals surface area contributed by atoms with Crippen LogP contribution in [0.15, 0.2) is 18.2 Å². The predicted octanol–water partition coefficient (Wildman–Crippen LogP) is 2.41. The van der Waals surface area contributed by atoms with Crippen LogP contribution in [0.4, 0.5) is 5.69 Å². The van der Waals surface area contributed by atoms with E-state index in [-0.39, 0.29) is 0 Å². The molecule has 3 N–H and O–H groups in total. The summed E-state index contributed by atoms with van der Waals surface area (Å²) in [6.45, 7) is 3.16. The summed E-state index contributed by atoms with van der Waals surface area (Å²) in [5.74, 6) is 1.64. The maximum atomic E-state index is 5.79. The quantitative estimate of drug-likeness (QED) is 0.822. The van der Waals surface area contributed by atoms with Gasteiger partial charge in [0.05, 0.1) is 12.8 Å². The zero-order valence-corrected chi connectivity index (χ0v) is 10.7. The van der Waals surface area contributed by atoms with Gasteiger partial charge in [0.1, 0.15) is 5.75 Å². The molecule has 0 saturated heterocycles. The van der Waals surface area contributed by atoms with E-state index in [1.165, 1.54) is 5.56 Å². The van der Waals surface area contributed by atoms with Crippen molar-refractivity contribution in [2.24, 2.45) is 11.7 Å². The van der Waals surface area contributed by atoms with Crippen LogP contribution in [0, 0.1) is 5.92 Å². The summed E-state index contributed by atoms with van der Waals surface area (Å²) in [6.07, 6.45) is 3.33. The van der Waals surface area contributed by atoms with Gasteiger partial charge in [-0.2, -0.15) is 0 Å². The van der Waals surface area contributed by atoms with Gasteiger partial charge in [-0.25, -0.2) is 0 Å². The number of hydrogen-bond acceptors (Lipinski definition) is 3. The van der Waals surface area contributed by atoms with E-state index in [2.05, 4.69) is 24.4 Å². The molecule has 3 nitrogen and oxygen atoms in total. The maximum Gasteiger partial charge on any atom is 0.141 e. The molecule has 0 atom stereocenters. The summed E-state index contributed by atoms with van der Waals surface area (Å²) < 4.78 is 5.36. The molecule has 1 fully saturated rings. The Kier molecular flexibility index (Phi) is 3.89. The van der Waals surface area contributed by atoms with E-state index in [1.54, 1.807) is 7.11 Å². The number of aryl methyl sites for hydroxylation is 1. The van der Waals surface area contributed by atoms with Crippen LogP contribution in [0.5, 0.6) is 5.75 Å². The number of methoxy groups -OCH3 is 1. The fourth-order valence-corrected chi connectivity index (χ4v) is 2.32. The lowest BCUT2D eigenvalue weighted by molar-refractivity contribution is 0.280. The van der Waals surface area contributed by atoms with Gasteiger partial charge in [-0.3, -0.25) is 0 Å². The lowest BCUT2D eigenvalue weighted by Crippen LogP contribution is -2.39. The number of nitrogens with one attached hydrogen (secondary N) is 1. The molecule has 94 valence electrons. The highest BCUT2D eigenvalue weighted by atomic mass is 16.5. The molecule has 0 aliphatic heterocycles. The van der Waals surface area contributed by atoms with Crippen LogP contribution >= 0.6 is 0 Å². The van der Waals surface area contributed by atoms with Crippen LogP contribution in [-0.2, 0) is 6.42 Å². The second kappa shape index (κ2) is 5.41. The third-order valence-electron chi connectivity index (χ3n) is 3.53. The average molecular weight is 234 g/mol. The van der Waals surface area contributed by atoms with Crippen molar-refractivity contribution in [2.75, 3.05) is 19.0 Å². The fraction of sp³-hybridized carbons (Fsp3) is 0.571. The van der Waals surface area contributed by atoms with Crippen molar-refractivity contribution >= 4 is 5.69 Å². The summed E-state index contributed by atoms with van der Waals surface area (Å²) >= 11 is 0. The Morgan fingerprint density at radius 2 is 2.18 bits per heavy atom. The standard InChI is InChI=1S/C14H22N2O/c1-3-10-4-5-14(17-2)13(8-10)16-9-11-6-12(15)7-11/h4-5,8,11-12,16H,3,6-7,9,15H2,1-2H3. The maximum absolute atomic E-state index is 5.79. The van der Waals surface area contributed by atoms with E-state index < -0.39 is 0 Å². The molecule has 1 aliphatic carbocycles. The number of ether oxygens (including phenoxy) is 1. The molecule has 0 heterocycles. The van der Waals surface area contributed by atoms with Crippen LogP contribution in [-0.4, -0.2) is 19.7 Å². The number of nitrogens with two attached hydrogens (primary N) is 1. The van der Waals surface area contributed by atoms with E-state index in [1.807, 2.05) is 6.07 Å². The molecule has 2 rings (SSSR count). The molecule has 1 saturated carbocycles. The van der Waals surface area contributed by atoms with Gasteiger partial charge in [0.25, 0.3) is 0 Å². The Morgan fingerprint density at radius 1 is 1.41 bits per heavy atom. The van der Waals surface area contributed by atoms with Crippen molar-refractivity contribution < 1.29 is 4.74 Å². The monoisotopic (exact) mass is 234 g/mol. The van der Waals surface area contributed by atoms with Crippen molar-refractivity contribution in [2.45, 2.75) is 32.2 Å². The predicted molar refractivity (Wildman–Crippen MR) is 71.6 cm³/mol. The van der Waals surface area contributed by atoms with Gasteiger partial charge in [-0.1, -0.05) is 13.0 Å². The Morgan fingerprint density at radius 3 is 2.76 bits per heavy atom. The molecule has 0 unspecified atom stereocenters. The summed E-state index contributed by atoms with van der Waals surface area (Å²) in [4.78, 5) is 0.